The number of nitrogens with one attached hydrogen (secondary N) is 1. The average molecular weight is 338 g/mol. The zero-order valence-electron chi connectivity index (χ0n) is 14.5. The van der Waals surface area contributed by atoms with E-state index in [0.29, 0.717) is 30.4 Å². The van der Waals surface area contributed by atoms with Gasteiger partial charge in [-0.25, -0.2) is 4.79 Å². The molecule has 0 saturated heterocycles. The summed E-state index contributed by atoms with van der Waals surface area (Å²) < 4.78 is 4.95. The Kier molecular flexibility index (Phi) is 5.03. The minimum Gasteiger partial charge on any atom is -0.462 e. The molecule has 0 aliphatic carbocycles. The number of carbonyl (C=O) groups is 2. The van der Waals surface area contributed by atoms with Crippen LogP contribution in [0.1, 0.15) is 29.8 Å². The van der Waals surface area contributed by atoms with E-state index in [1.165, 1.54) is 5.56 Å². The zero-order valence-corrected chi connectivity index (χ0v) is 14.5. The lowest BCUT2D eigenvalue weighted by Gasteiger charge is -2.24. The monoisotopic (exact) mass is 338 g/mol. The summed E-state index contributed by atoms with van der Waals surface area (Å²) in [5.41, 5.74) is 3.55. The Morgan fingerprint density at radius 1 is 1.16 bits per heavy atom. The number of nitrogens with zero attached hydrogens (tertiary/aromatic N) is 1. The Bertz CT molecular complexity index is 771. The molecule has 1 aliphatic rings. The molecule has 0 unspecified atom stereocenters. The average Bonchev–Trinajstić information content (AvgIpc) is 2.91. The third-order valence-electron chi connectivity index (χ3n) is 4.34. The number of amides is 1. The van der Waals surface area contributed by atoms with Crippen LogP contribution in [0.25, 0.3) is 0 Å². The lowest BCUT2D eigenvalue weighted by atomic mass is 10.1. The molecule has 5 nitrogen and oxygen atoms in total. The van der Waals surface area contributed by atoms with Crippen LogP contribution in [-0.4, -0.2) is 31.1 Å². The summed E-state index contributed by atoms with van der Waals surface area (Å²) in [4.78, 5) is 26.2. The maximum atomic E-state index is 12.4. The molecule has 1 aliphatic heterocycles. The minimum atomic E-state index is -0.358. The smallest absolute Gasteiger partial charge is 0.338 e. The Morgan fingerprint density at radius 3 is 2.60 bits per heavy atom. The van der Waals surface area contributed by atoms with Crippen LogP contribution in [-0.2, 0) is 16.0 Å². The van der Waals surface area contributed by atoms with Gasteiger partial charge in [0.05, 0.1) is 18.7 Å². The number of benzene rings is 2. The van der Waals surface area contributed by atoms with E-state index >= 15 is 0 Å². The SMILES string of the molecule is CCOC(=O)c1ccc(NC(=O)CN2c3ccccc3C[C@H]2C)cc1. The number of fused-ring (bicyclic) bond motifs is 1. The van der Waals surface area contributed by atoms with Crippen LogP contribution in [0.3, 0.4) is 0 Å². The van der Waals surface area contributed by atoms with E-state index in [0.717, 1.165) is 12.1 Å². The van der Waals surface area contributed by atoms with Crippen molar-refractivity contribution in [1.29, 1.82) is 0 Å². The molecule has 0 aromatic heterocycles. The second-order valence-electron chi connectivity index (χ2n) is 6.16. The molecule has 1 heterocycles. The van der Waals surface area contributed by atoms with Crippen LogP contribution in [0.4, 0.5) is 11.4 Å². The normalized spacial score (nSPS) is 15.6. The lowest BCUT2D eigenvalue weighted by molar-refractivity contribution is -0.115. The first-order valence-corrected chi connectivity index (χ1v) is 8.50. The first-order chi connectivity index (χ1) is 12.1. The minimum absolute atomic E-state index is 0.0764. The molecule has 3 rings (SSSR count). The topological polar surface area (TPSA) is 58.6 Å². The molecule has 1 atom stereocenters. The Hall–Kier alpha value is -2.82. The first kappa shape index (κ1) is 17.0. The van der Waals surface area contributed by atoms with E-state index in [1.54, 1.807) is 31.2 Å². The second kappa shape index (κ2) is 7.38. The molecule has 0 fully saturated rings. The number of esters is 1. The largest absolute Gasteiger partial charge is 0.462 e. The fraction of sp³-hybridized carbons (Fsp3) is 0.300. The van der Waals surface area contributed by atoms with Gasteiger partial charge in [0.1, 0.15) is 0 Å². The van der Waals surface area contributed by atoms with Crippen LogP contribution >= 0.6 is 0 Å². The number of rotatable bonds is 5. The van der Waals surface area contributed by atoms with Gasteiger partial charge in [0.2, 0.25) is 5.91 Å². The number of carbonyl (C=O) groups excluding carboxylic acids is 2. The van der Waals surface area contributed by atoms with Crippen molar-refractivity contribution in [3.05, 3.63) is 59.7 Å². The van der Waals surface area contributed by atoms with Crippen LogP contribution in [0.15, 0.2) is 48.5 Å². The summed E-state index contributed by atoms with van der Waals surface area (Å²) in [6.45, 7) is 4.54. The van der Waals surface area contributed by atoms with Crippen molar-refractivity contribution in [3.63, 3.8) is 0 Å². The lowest BCUT2D eigenvalue weighted by Crippen LogP contribution is -2.37. The summed E-state index contributed by atoms with van der Waals surface area (Å²) >= 11 is 0. The highest BCUT2D eigenvalue weighted by Crippen LogP contribution is 2.31. The maximum Gasteiger partial charge on any atom is 0.338 e. The zero-order chi connectivity index (χ0) is 17.8. The highest BCUT2D eigenvalue weighted by Gasteiger charge is 2.26. The molecule has 1 amide bonds. The van der Waals surface area contributed by atoms with Crippen LogP contribution in [0, 0.1) is 0 Å². The van der Waals surface area contributed by atoms with Crippen molar-refractivity contribution >= 4 is 23.3 Å². The third kappa shape index (κ3) is 3.82. The molecule has 1 N–H and O–H groups in total. The number of hydrogen-bond acceptors (Lipinski definition) is 4. The second-order valence-corrected chi connectivity index (χ2v) is 6.16. The highest BCUT2D eigenvalue weighted by molar-refractivity contribution is 5.95. The summed E-state index contributed by atoms with van der Waals surface area (Å²) in [6.07, 6.45) is 0.956. The van der Waals surface area contributed by atoms with Gasteiger partial charge in [-0.15, -0.1) is 0 Å². The van der Waals surface area contributed by atoms with Crippen molar-refractivity contribution in [2.45, 2.75) is 26.3 Å². The summed E-state index contributed by atoms with van der Waals surface area (Å²) in [5, 5.41) is 2.89. The number of para-hydroxylation sites is 1. The standard InChI is InChI=1S/C20H22N2O3/c1-3-25-20(24)15-8-10-17(11-9-15)21-19(23)13-22-14(2)12-16-6-4-5-7-18(16)22/h4-11,14H,3,12-13H2,1-2H3,(H,21,23)/t14-/m1/s1. The van der Waals surface area contributed by atoms with Gasteiger partial charge in [-0.1, -0.05) is 18.2 Å². The van der Waals surface area contributed by atoms with Crippen molar-refractivity contribution in [2.75, 3.05) is 23.4 Å². The van der Waals surface area contributed by atoms with Crippen LogP contribution in [0.2, 0.25) is 0 Å². The van der Waals surface area contributed by atoms with Crippen LogP contribution < -0.4 is 10.2 Å². The molecule has 25 heavy (non-hydrogen) atoms. The molecular formula is C20H22N2O3. The quantitative estimate of drug-likeness (QED) is 0.850. The number of ether oxygens (including phenoxy) is 1. The van der Waals surface area contributed by atoms with Crippen LogP contribution in [0.5, 0.6) is 0 Å². The predicted octanol–water partition coefficient (Wildman–Crippen LogP) is 3.25. The first-order valence-electron chi connectivity index (χ1n) is 8.50. The molecule has 0 spiro atoms. The molecule has 0 saturated carbocycles. The summed E-state index contributed by atoms with van der Waals surface area (Å²) in [7, 11) is 0. The molecule has 130 valence electrons. The number of hydrogen-bond donors (Lipinski definition) is 1. The Morgan fingerprint density at radius 2 is 1.88 bits per heavy atom. The van der Waals surface area contributed by atoms with Gasteiger partial charge in [-0.05, 0) is 56.2 Å². The fourth-order valence-corrected chi connectivity index (χ4v) is 3.13. The molecule has 2 aromatic carbocycles. The van der Waals surface area contributed by atoms with E-state index in [1.807, 2.05) is 12.1 Å². The highest BCUT2D eigenvalue weighted by atomic mass is 16.5. The van der Waals surface area contributed by atoms with E-state index < -0.39 is 0 Å². The molecule has 0 bridgehead atoms. The summed E-state index contributed by atoms with van der Waals surface area (Å²) in [5.74, 6) is -0.435. The van der Waals surface area contributed by atoms with E-state index in [-0.39, 0.29) is 11.9 Å². The van der Waals surface area contributed by atoms with Gasteiger partial charge in [-0.3, -0.25) is 4.79 Å². The molecular weight excluding hydrogens is 316 g/mol. The van der Waals surface area contributed by atoms with Gasteiger partial charge in [0.25, 0.3) is 0 Å². The van der Waals surface area contributed by atoms with Gasteiger partial charge >= 0.3 is 5.97 Å². The van der Waals surface area contributed by atoms with Gasteiger partial charge in [0, 0.05) is 17.4 Å². The Labute approximate surface area is 147 Å². The van der Waals surface area contributed by atoms with Crippen molar-refractivity contribution in [1.82, 2.24) is 0 Å². The van der Waals surface area contributed by atoms with E-state index in [2.05, 4.69) is 29.3 Å². The molecule has 0 radical (unpaired) electrons. The van der Waals surface area contributed by atoms with Crippen molar-refractivity contribution in [3.8, 4) is 0 Å². The molecule has 5 heteroatoms. The van der Waals surface area contributed by atoms with E-state index in [9.17, 15) is 9.59 Å². The maximum absolute atomic E-state index is 12.4. The summed E-state index contributed by atoms with van der Waals surface area (Å²) in [6, 6.07) is 15.2. The Balaban J connectivity index is 1.62. The van der Waals surface area contributed by atoms with Gasteiger partial charge in [-0.2, -0.15) is 0 Å². The molecule has 2 aromatic rings. The van der Waals surface area contributed by atoms with Crippen molar-refractivity contribution in [2.24, 2.45) is 0 Å². The number of anilines is 2. The van der Waals surface area contributed by atoms with Gasteiger partial charge < -0.3 is 15.0 Å². The van der Waals surface area contributed by atoms with Crippen molar-refractivity contribution < 1.29 is 14.3 Å². The van der Waals surface area contributed by atoms with E-state index in [4.69, 9.17) is 4.74 Å². The third-order valence-corrected chi connectivity index (χ3v) is 4.34. The predicted molar refractivity (Wildman–Crippen MR) is 98.0 cm³/mol. The fourth-order valence-electron chi connectivity index (χ4n) is 3.13. The van der Waals surface area contributed by atoms with Gasteiger partial charge in [0.15, 0.2) is 0 Å².